The number of esters is 1. The minimum atomic E-state index is -0.443. The van der Waals surface area contributed by atoms with Gasteiger partial charge in [-0.2, -0.15) is 0 Å². The number of rotatable bonds is 5. The lowest BCUT2D eigenvalue weighted by atomic mass is 10.1. The maximum absolute atomic E-state index is 11.8. The summed E-state index contributed by atoms with van der Waals surface area (Å²) in [6, 6.07) is 12.8. The van der Waals surface area contributed by atoms with Crippen molar-refractivity contribution in [2.45, 2.75) is 13.5 Å². The molecule has 0 fully saturated rings. The van der Waals surface area contributed by atoms with Crippen molar-refractivity contribution >= 4 is 27.6 Å². The standard InChI is InChI=1S/C16H16BrNO3/c1-2-20-16(19)12-7-5-9-14(15(12)18)21-10-11-6-3-4-8-13(11)17/h3-9H,2,10,18H2,1H3. The van der Waals surface area contributed by atoms with Crippen LogP contribution in [-0.2, 0) is 11.3 Å². The highest BCUT2D eigenvalue weighted by Crippen LogP contribution is 2.27. The van der Waals surface area contributed by atoms with E-state index < -0.39 is 5.97 Å². The van der Waals surface area contributed by atoms with Crippen LogP contribution >= 0.6 is 15.9 Å². The summed E-state index contributed by atoms with van der Waals surface area (Å²) in [7, 11) is 0. The van der Waals surface area contributed by atoms with Crippen LogP contribution in [0.15, 0.2) is 46.9 Å². The van der Waals surface area contributed by atoms with Crippen molar-refractivity contribution in [1.82, 2.24) is 0 Å². The highest BCUT2D eigenvalue weighted by Gasteiger charge is 2.14. The number of halogens is 1. The van der Waals surface area contributed by atoms with Gasteiger partial charge in [0.1, 0.15) is 12.4 Å². The van der Waals surface area contributed by atoms with Crippen molar-refractivity contribution in [1.29, 1.82) is 0 Å². The van der Waals surface area contributed by atoms with Gasteiger partial charge in [0.25, 0.3) is 0 Å². The molecule has 0 amide bonds. The molecule has 2 N–H and O–H groups in total. The minimum Gasteiger partial charge on any atom is -0.487 e. The van der Waals surface area contributed by atoms with E-state index in [0.29, 0.717) is 30.2 Å². The second kappa shape index (κ2) is 7.13. The number of nitrogen functional groups attached to an aromatic ring is 1. The second-order valence-electron chi connectivity index (χ2n) is 4.32. The molecule has 2 rings (SSSR count). The quantitative estimate of drug-likeness (QED) is 0.658. The molecule has 2 aromatic carbocycles. The molecule has 0 aromatic heterocycles. The van der Waals surface area contributed by atoms with E-state index in [1.165, 1.54) is 0 Å². The van der Waals surface area contributed by atoms with Crippen molar-refractivity contribution < 1.29 is 14.3 Å². The number of hydrogen-bond donors (Lipinski definition) is 1. The summed E-state index contributed by atoms with van der Waals surface area (Å²) in [6.45, 7) is 2.42. The first-order chi connectivity index (χ1) is 10.1. The summed E-state index contributed by atoms with van der Waals surface area (Å²) in [5.74, 6) is 0.0256. The maximum atomic E-state index is 11.8. The van der Waals surface area contributed by atoms with Gasteiger partial charge in [0.15, 0.2) is 0 Å². The van der Waals surface area contributed by atoms with E-state index in [9.17, 15) is 4.79 Å². The van der Waals surface area contributed by atoms with Crippen LogP contribution in [0.25, 0.3) is 0 Å². The highest BCUT2D eigenvalue weighted by molar-refractivity contribution is 9.10. The summed E-state index contributed by atoms with van der Waals surface area (Å²) >= 11 is 3.46. The molecule has 0 heterocycles. The summed E-state index contributed by atoms with van der Waals surface area (Å²) in [5.41, 5.74) is 7.59. The van der Waals surface area contributed by atoms with E-state index in [0.717, 1.165) is 10.0 Å². The largest absolute Gasteiger partial charge is 0.487 e. The molecular formula is C16H16BrNO3. The van der Waals surface area contributed by atoms with Gasteiger partial charge in [-0.1, -0.05) is 40.2 Å². The number of ether oxygens (including phenoxy) is 2. The Morgan fingerprint density at radius 1 is 1.19 bits per heavy atom. The Balaban J connectivity index is 2.16. The van der Waals surface area contributed by atoms with Gasteiger partial charge in [0.2, 0.25) is 0 Å². The van der Waals surface area contributed by atoms with Gasteiger partial charge in [0.05, 0.1) is 17.9 Å². The van der Waals surface area contributed by atoms with Crippen molar-refractivity contribution in [3.05, 3.63) is 58.1 Å². The van der Waals surface area contributed by atoms with E-state index in [2.05, 4.69) is 15.9 Å². The zero-order chi connectivity index (χ0) is 15.2. The number of anilines is 1. The molecule has 0 aliphatic rings. The van der Waals surface area contributed by atoms with Crippen LogP contribution < -0.4 is 10.5 Å². The lowest BCUT2D eigenvalue weighted by molar-refractivity contribution is 0.0527. The Kier molecular flexibility index (Phi) is 5.22. The fourth-order valence-electron chi connectivity index (χ4n) is 1.83. The zero-order valence-corrected chi connectivity index (χ0v) is 13.2. The SMILES string of the molecule is CCOC(=O)c1cccc(OCc2ccccc2Br)c1N. The van der Waals surface area contributed by atoms with E-state index >= 15 is 0 Å². The van der Waals surface area contributed by atoms with Crippen LogP contribution in [-0.4, -0.2) is 12.6 Å². The Bertz CT molecular complexity index is 643. The van der Waals surface area contributed by atoms with Crippen LogP contribution in [0, 0.1) is 0 Å². The molecule has 0 saturated heterocycles. The second-order valence-corrected chi connectivity index (χ2v) is 5.17. The van der Waals surface area contributed by atoms with Crippen molar-refractivity contribution in [3.63, 3.8) is 0 Å². The maximum Gasteiger partial charge on any atom is 0.340 e. The van der Waals surface area contributed by atoms with Crippen LogP contribution in [0.2, 0.25) is 0 Å². The predicted molar refractivity (Wildman–Crippen MR) is 85.3 cm³/mol. The summed E-state index contributed by atoms with van der Waals surface area (Å²) in [5, 5.41) is 0. The van der Waals surface area contributed by atoms with Gasteiger partial charge in [-0.25, -0.2) is 4.79 Å². The van der Waals surface area contributed by atoms with E-state index in [4.69, 9.17) is 15.2 Å². The Hall–Kier alpha value is -2.01. The molecule has 0 aliphatic heterocycles. The van der Waals surface area contributed by atoms with Gasteiger partial charge in [-0.15, -0.1) is 0 Å². The number of carbonyl (C=O) groups is 1. The third kappa shape index (κ3) is 3.76. The Labute approximate surface area is 132 Å². The van der Waals surface area contributed by atoms with E-state index in [1.54, 1.807) is 25.1 Å². The first-order valence-electron chi connectivity index (χ1n) is 6.55. The molecule has 0 spiro atoms. The van der Waals surface area contributed by atoms with Crippen LogP contribution in [0.5, 0.6) is 5.75 Å². The lowest BCUT2D eigenvalue weighted by Gasteiger charge is -2.12. The fourth-order valence-corrected chi connectivity index (χ4v) is 2.23. The number of hydrogen-bond acceptors (Lipinski definition) is 4. The Morgan fingerprint density at radius 3 is 2.67 bits per heavy atom. The molecular weight excluding hydrogens is 334 g/mol. The predicted octanol–water partition coefficient (Wildman–Crippen LogP) is 3.79. The van der Waals surface area contributed by atoms with Gasteiger partial charge in [0, 0.05) is 10.0 Å². The minimum absolute atomic E-state index is 0.294. The van der Waals surface area contributed by atoms with Gasteiger partial charge >= 0.3 is 5.97 Å². The van der Waals surface area contributed by atoms with Crippen LogP contribution in [0.1, 0.15) is 22.8 Å². The summed E-state index contributed by atoms with van der Waals surface area (Å²) in [6.07, 6.45) is 0. The number of benzene rings is 2. The molecule has 2 aromatic rings. The van der Waals surface area contributed by atoms with Crippen molar-refractivity contribution in [2.75, 3.05) is 12.3 Å². The fraction of sp³-hybridized carbons (Fsp3) is 0.188. The monoisotopic (exact) mass is 349 g/mol. The molecule has 0 aliphatic carbocycles. The molecule has 0 unspecified atom stereocenters. The first kappa shape index (κ1) is 15.4. The van der Waals surface area contributed by atoms with Crippen molar-refractivity contribution in [3.8, 4) is 5.75 Å². The molecule has 0 bridgehead atoms. The molecule has 110 valence electrons. The molecule has 0 atom stereocenters. The molecule has 0 saturated carbocycles. The number of carbonyl (C=O) groups excluding carboxylic acids is 1. The lowest BCUT2D eigenvalue weighted by Crippen LogP contribution is -2.09. The average molecular weight is 350 g/mol. The van der Waals surface area contributed by atoms with Crippen LogP contribution in [0.4, 0.5) is 5.69 Å². The van der Waals surface area contributed by atoms with Crippen LogP contribution in [0.3, 0.4) is 0 Å². The van der Waals surface area contributed by atoms with Gasteiger partial charge in [-0.3, -0.25) is 0 Å². The zero-order valence-electron chi connectivity index (χ0n) is 11.6. The highest BCUT2D eigenvalue weighted by atomic mass is 79.9. The van der Waals surface area contributed by atoms with Gasteiger partial charge < -0.3 is 15.2 Å². The smallest absolute Gasteiger partial charge is 0.340 e. The molecule has 0 radical (unpaired) electrons. The number of para-hydroxylation sites is 1. The summed E-state index contributed by atoms with van der Waals surface area (Å²) in [4.78, 5) is 11.8. The molecule has 4 nitrogen and oxygen atoms in total. The summed E-state index contributed by atoms with van der Waals surface area (Å²) < 4.78 is 11.6. The average Bonchev–Trinajstić information content (AvgIpc) is 2.48. The number of nitrogens with two attached hydrogens (primary N) is 1. The van der Waals surface area contributed by atoms with Crippen molar-refractivity contribution in [2.24, 2.45) is 0 Å². The third-order valence-corrected chi connectivity index (χ3v) is 3.68. The topological polar surface area (TPSA) is 61.5 Å². The molecule has 21 heavy (non-hydrogen) atoms. The normalized spacial score (nSPS) is 10.2. The third-order valence-electron chi connectivity index (χ3n) is 2.90. The van der Waals surface area contributed by atoms with E-state index in [-0.39, 0.29) is 0 Å². The molecule has 5 heteroatoms. The first-order valence-corrected chi connectivity index (χ1v) is 7.34. The Morgan fingerprint density at radius 2 is 1.95 bits per heavy atom. The van der Waals surface area contributed by atoms with E-state index in [1.807, 2.05) is 24.3 Å². The van der Waals surface area contributed by atoms with Gasteiger partial charge in [-0.05, 0) is 25.1 Å².